The number of carbonyl (C=O) groups excluding carboxylic acids is 3. The standard InChI is InChI=1S/C30H33N3O8/c1-12-17-15(13-6-8-14(9-7-13)32(2)3)10-11-16(34)19(17)24(35)20-18(12)25(36)22-23(33(4)5)26(37)21(29(31)40)28(39)30(22,41)27(20)38/h6-12,18,22-23,25,34,36-38,41H,1-5H3,(H2,31,40)/t12-,18+,22+,23-,25-,30-/m0/s1. The van der Waals surface area contributed by atoms with E-state index in [1.54, 1.807) is 13.0 Å². The topological polar surface area (TPSA) is 185 Å². The maximum Gasteiger partial charge on any atom is 0.255 e. The average Bonchev–Trinajstić information content (AvgIpc) is 2.90. The lowest BCUT2D eigenvalue weighted by molar-refractivity contribution is -0.162. The fraction of sp³-hybridized carbons (Fsp3) is 0.367. The monoisotopic (exact) mass is 563 g/mol. The van der Waals surface area contributed by atoms with Gasteiger partial charge in [0, 0.05) is 31.3 Å². The van der Waals surface area contributed by atoms with Crippen molar-refractivity contribution in [2.24, 2.45) is 17.6 Å². The highest BCUT2D eigenvalue weighted by Crippen LogP contribution is 2.56. The Morgan fingerprint density at radius 2 is 1.59 bits per heavy atom. The van der Waals surface area contributed by atoms with Crippen LogP contribution < -0.4 is 10.6 Å². The van der Waals surface area contributed by atoms with Gasteiger partial charge in [-0.25, -0.2) is 0 Å². The van der Waals surface area contributed by atoms with Gasteiger partial charge in [-0.3, -0.25) is 19.3 Å². The van der Waals surface area contributed by atoms with Gasteiger partial charge >= 0.3 is 0 Å². The largest absolute Gasteiger partial charge is 0.510 e. The number of hydrogen-bond acceptors (Lipinski definition) is 10. The Balaban J connectivity index is 1.77. The molecule has 3 aliphatic rings. The molecular formula is C30H33N3O8. The molecule has 2 aromatic carbocycles. The molecule has 0 heterocycles. The van der Waals surface area contributed by atoms with Gasteiger partial charge in [-0.05, 0) is 54.9 Å². The van der Waals surface area contributed by atoms with Crippen molar-refractivity contribution in [3.8, 4) is 16.9 Å². The average molecular weight is 564 g/mol. The summed E-state index contributed by atoms with van der Waals surface area (Å²) in [5, 5.41) is 57.0. The minimum absolute atomic E-state index is 0.125. The quantitative estimate of drug-likeness (QED) is 0.297. The molecule has 11 nitrogen and oxygen atoms in total. The van der Waals surface area contributed by atoms with Gasteiger partial charge < -0.3 is 36.2 Å². The molecule has 0 spiro atoms. The van der Waals surface area contributed by atoms with Crippen LogP contribution in [0.25, 0.3) is 11.1 Å². The summed E-state index contributed by atoms with van der Waals surface area (Å²) in [5.74, 6) is -9.20. The molecule has 6 atom stereocenters. The molecule has 0 radical (unpaired) electrons. The first-order chi connectivity index (χ1) is 19.2. The third-order valence-electron chi connectivity index (χ3n) is 8.80. The van der Waals surface area contributed by atoms with Crippen LogP contribution in [-0.4, -0.2) is 93.8 Å². The van der Waals surface area contributed by atoms with Crippen molar-refractivity contribution in [2.75, 3.05) is 33.1 Å². The third kappa shape index (κ3) is 3.73. The van der Waals surface area contributed by atoms with Crippen molar-refractivity contribution in [3.63, 3.8) is 0 Å². The van der Waals surface area contributed by atoms with E-state index in [4.69, 9.17) is 5.73 Å². The Hall–Kier alpha value is -4.19. The SMILES string of the molecule is C[C@H]1c2c(-c3ccc(N(C)C)cc3)ccc(O)c2C(=O)C2=C(O)[C@]3(O)C(=O)C(C(N)=O)=C(O)[C@@H](N(C)C)[C@@H]3[C@@H](O)[C@@H]21. The lowest BCUT2D eigenvalue weighted by Gasteiger charge is -2.53. The predicted molar refractivity (Wildman–Crippen MR) is 150 cm³/mol. The van der Waals surface area contributed by atoms with Crippen LogP contribution in [0.4, 0.5) is 5.69 Å². The number of aliphatic hydroxyl groups excluding tert-OH is 3. The van der Waals surface area contributed by atoms with E-state index >= 15 is 0 Å². The molecule has 0 unspecified atom stereocenters. The van der Waals surface area contributed by atoms with E-state index in [1.165, 1.54) is 25.1 Å². The summed E-state index contributed by atoms with van der Waals surface area (Å²) in [4.78, 5) is 43.0. The number of anilines is 1. The highest BCUT2D eigenvalue weighted by molar-refractivity contribution is 6.25. The first-order valence-corrected chi connectivity index (χ1v) is 13.1. The van der Waals surface area contributed by atoms with Gasteiger partial charge in [-0.15, -0.1) is 0 Å². The molecule has 3 aliphatic carbocycles. The number of amides is 1. The maximum atomic E-state index is 14.0. The number of carbonyl (C=O) groups is 3. The number of hydrogen-bond donors (Lipinski definition) is 6. The van der Waals surface area contributed by atoms with E-state index in [1.807, 2.05) is 43.3 Å². The van der Waals surface area contributed by atoms with Gasteiger partial charge in [0.15, 0.2) is 11.4 Å². The number of fused-ring (bicyclic) bond motifs is 3. The zero-order chi connectivity index (χ0) is 30.3. The second kappa shape index (κ2) is 9.44. The number of phenols is 1. The summed E-state index contributed by atoms with van der Waals surface area (Å²) < 4.78 is 0. The van der Waals surface area contributed by atoms with Gasteiger partial charge in [-0.2, -0.15) is 0 Å². The Kier molecular flexibility index (Phi) is 6.52. The summed E-state index contributed by atoms with van der Waals surface area (Å²) in [7, 11) is 6.80. The van der Waals surface area contributed by atoms with Crippen molar-refractivity contribution < 1.29 is 39.9 Å². The number of benzene rings is 2. The van der Waals surface area contributed by atoms with E-state index in [0.717, 1.165) is 11.3 Å². The van der Waals surface area contributed by atoms with Gasteiger partial charge in [-0.1, -0.05) is 25.1 Å². The number of Topliss-reactive ketones (excluding diaryl/α,β-unsaturated/α-hetero) is 2. The lowest BCUT2D eigenvalue weighted by Crippen LogP contribution is -2.68. The second-order valence-corrected chi connectivity index (χ2v) is 11.4. The number of nitrogens with two attached hydrogens (primary N) is 1. The summed E-state index contributed by atoms with van der Waals surface area (Å²) in [6.45, 7) is 1.72. The first kappa shape index (κ1) is 28.3. The van der Waals surface area contributed by atoms with Crippen LogP contribution in [-0.2, 0) is 9.59 Å². The van der Waals surface area contributed by atoms with Crippen LogP contribution in [0.2, 0.25) is 0 Å². The zero-order valence-corrected chi connectivity index (χ0v) is 23.3. The molecule has 1 amide bonds. The number of aliphatic hydroxyl groups is 4. The molecule has 0 bridgehead atoms. The van der Waals surface area contributed by atoms with Gasteiger partial charge in [0.2, 0.25) is 5.78 Å². The van der Waals surface area contributed by atoms with E-state index in [0.29, 0.717) is 11.1 Å². The molecule has 2 aromatic rings. The van der Waals surface area contributed by atoms with Crippen molar-refractivity contribution >= 4 is 23.2 Å². The Labute approximate surface area is 236 Å². The van der Waals surface area contributed by atoms with Crippen molar-refractivity contribution in [1.29, 1.82) is 0 Å². The summed E-state index contributed by atoms with van der Waals surface area (Å²) in [5.41, 5.74) is 3.67. The van der Waals surface area contributed by atoms with Crippen LogP contribution in [0, 0.1) is 11.8 Å². The van der Waals surface area contributed by atoms with E-state index in [9.17, 15) is 39.9 Å². The summed E-state index contributed by atoms with van der Waals surface area (Å²) >= 11 is 0. The molecule has 41 heavy (non-hydrogen) atoms. The predicted octanol–water partition coefficient (Wildman–Crippen LogP) is 1.39. The minimum Gasteiger partial charge on any atom is -0.510 e. The summed E-state index contributed by atoms with van der Waals surface area (Å²) in [6.07, 6.45) is -1.66. The summed E-state index contributed by atoms with van der Waals surface area (Å²) in [6, 6.07) is 9.25. The van der Waals surface area contributed by atoms with E-state index in [2.05, 4.69) is 0 Å². The molecule has 0 aliphatic heterocycles. The number of rotatable bonds is 4. The number of nitrogens with zero attached hydrogens (tertiary/aromatic N) is 2. The fourth-order valence-electron chi connectivity index (χ4n) is 6.89. The number of aromatic hydroxyl groups is 1. The smallest absolute Gasteiger partial charge is 0.255 e. The number of ketones is 2. The third-order valence-corrected chi connectivity index (χ3v) is 8.80. The molecule has 216 valence electrons. The molecule has 5 rings (SSSR count). The van der Waals surface area contributed by atoms with Crippen LogP contribution in [0.3, 0.4) is 0 Å². The minimum atomic E-state index is -2.95. The van der Waals surface area contributed by atoms with Crippen molar-refractivity contribution in [1.82, 2.24) is 4.90 Å². The lowest BCUT2D eigenvalue weighted by atomic mass is 9.55. The normalized spacial score (nSPS) is 29.3. The number of primary amides is 1. The Morgan fingerprint density at radius 1 is 0.976 bits per heavy atom. The first-order valence-electron chi connectivity index (χ1n) is 13.1. The fourth-order valence-corrected chi connectivity index (χ4v) is 6.89. The van der Waals surface area contributed by atoms with Crippen LogP contribution in [0.5, 0.6) is 5.75 Å². The maximum absolute atomic E-state index is 14.0. The van der Waals surface area contributed by atoms with Gasteiger partial charge in [0.05, 0.1) is 23.6 Å². The highest BCUT2D eigenvalue weighted by atomic mass is 16.4. The molecule has 0 saturated carbocycles. The van der Waals surface area contributed by atoms with E-state index < -0.39 is 75.6 Å². The second-order valence-electron chi connectivity index (χ2n) is 11.4. The van der Waals surface area contributed by atoms with Gasteiger partial charge in [0.1, 0.15) is 22.8 Å². The molecule has 11 heteroatoms. The molecular weight excluding hydrogens is 530 g/mol. The highest BCUT2D eigenvalue weighted by Gasteiger charge is 2.67. The van der Waals surface area contributed by atoms with Crippen LogP contribution >= 0.6 is 0 Å². The van der Waals surface area contributed by atoms with Crippen molar-refractivity contribution in [2.45, 2.75) is 30.6 Å². The van der Waals surface area contributed by atoms with Crippen molar-refractivity contribution in [3.05, 3.63) is 70.2 Å². The van der Waals surface area contributed by atoms with Crippen LogP contribution in [0.1, 0.15) is 28.8 Å². The molecule has 7 N–H and O–H groups in total. The molecule has 0 aromatic heterocycles. The molecule has 0 fully saturated rings. The van der Waals surface area contributed by atoms with E-state index in [-0.39, 0.29) is 11.3 Å². The zero-order valence-electron chi connectivity index (χ0n) is 23.3. The number of likely N-dealkylation sites (N-methyl/N-ethyl adjacent to an activating group) is 1. The number of phenolic OH excluding ortho intramolecular Hbond substituents is 1. The van der Waals surface area contributed by atoms with Crippen LogP contribution in [0.15, 0.2) is 59.1 Å². The Morgan fingerprint density at radius 3 is 2.12 bits per heavy atom. The van der Waals surface area contributed by atoms with Gasteiger partial charge in [0.25, 0.3) is 5.91 Å². The molecule has 0 saturated heterocycles. The Bertz CT molecular complexity index is 1560.